The number of halogens is 2. The zero-order valence-corrected chi connectivity index (χ0v) is 16.7. The molecule has 0 bridgehead atoms. The number of anilines is 1. The number of rotatable bonds is 5. The standard InChI is InChI=1S/C22H26ClFN2O/c1-3-16-6-4-5-15(2)21(16)25-22(27)17-9-11-26(12-10-17)14-18-7-8-19(23)13-20(18)24/h4-8,13,17H,3,9-12,14H2,1-2H3,(H,25,27). The van der Waals surface area contributed by atoms with Gasteiger partial charge < -0.3 is 5.32 Å². The van der Waals surface area contributed by atoms with Gasteiger partial charge in [-0.15, -0.1) is 0 Å². The van der Waals surface area contributed by atoms with Crippen LogP contribution in [0, 0.1) is 18.7 Å². The third-order valence-electron chi connectivity index (χ3n) is 5.36. The van der Waals surface area contributed by atoms with Gasteiger partial charge in [0.2, 0.25) is 5.91 Å². The van der Waals surface area contributed by atoms with Crippen LogP contribution in [0.1, 0.15) is 36.5 Å². The smallest absolute Gasteiger partial charge is 0.227 e. The minimum absolute atomic E-state index is 0.000581. The highest BCUT2D eigenvalue weighted by Gasteiger charge is 2.26. The number of nitrogens with one attached hydrogen (secondary N) is 1. The van der Waals surface area contributed by atoms with Gasteiger partial charge in [0.1, 0.15) is 5.82 Å². The Hall–Kier alpha value is -1.91. The highest BCUT2D eigenvalue weighted by molar-refractivity contribution is 6.30. The van der Waals surface area contributed by atoms with Gasteiger partial charge in [-0.25, -0.2) is 4.39 Å². The molecule has 1 fully saturated rings. The molecule has 1 saturated heterocycles. The van der Waals surface area contributed by atoms with E-state index in [9.17, 15) is 9.18 Å². The maximum atomic E-state index is 14.0. The molecule has 0 spiro atoms. The first-order valence-electron chi connectivity index (χ1n) is 9.53. The van der Waals surface area contributed by atoms with Gasteiger partial charge in [0.05, 0.1) is 0 Å². The molecule has 3 rings (SSSR count). The number of benzene rings is 2. The van der Waals surface area contributed by atoms with Gasteiger partial charge >= 0.3 is 0 Å². The molecule has 1 amide bonds. The summed E-state index contributed by atoms with van der Waals surface area (Å²) in [5.41, 5.74) is 3.86. The SMILES string of the molecule is CCc1cccc(C)c1NC(=O)C1CCN(Cc2ccc(Cl)cc2F)CC1. The molecule has 0 unspecified atom stereocenters. The molecule has 3 nitrogen and oxygen atoms in total. The summed E-state index contributed by atoms with van der Waals surface area (Å²) in [4.78, 5) is 14.9. The third-order valence-corrected chi connectivity index (χ3v) is 5.59. The summed E-state index contributed by atoms with van der Waals surface area (Å²) in [5.74, 6) is -0.175. The van der Waals surface area contributed by atoms with Crippen molar-refractivity contribution < 1.29 is 9.18 Å². The summed E-state index contributed by atoms with van der Waals surface area (Å²) < 4.78 is 14.0. The Morgan fingerprint density at radius 2 is 1.96 bits per heavy atom. The Morgan fingerprint density at radius 3 is 2.63 bits per heavy atom. The molecule has 1 aliphatic rings. The average Bonchev–Trinajstić information content (AvgIpc) is 2.66. The third kappa shape index (κ3) is 4.88. The minimum atomic E-state index is -0.269. The summed E-state index contributed by atoms with van der Waals surface area (Å²) in [6.45, 7) is 6.25. The number of aryl methyl sites for hydroxylation is 2. The van der Waals surface area contributed by atoms with Crippen LogP contribution in [0.5, 0.6) is 0 Å². The molecule has 2 aromatic rings. The van der Waals surface area contributed by atoms with Gasteiger partial charge in [-0.05, 0) is 62.5 Å². The summed E-state index contributed by atoms with van der Waals surface area (Å²) in [7, 11) is 0. The summed E-state index contributed by atoms with van der Waals surface area (Å²) in [5, 5.41) is 3.56. The Balaban J connectivity index is 1.57. The summed E-state index contributed by atoms with van der Waals surface area (Å²) >= 11 is 5.81. The van der Waals surface area contributed by atoms with E-state index in [1.807, 2.05) is 19.1 Å². The van der Waals surface area contributed by atoms with E-state index in [4.69, 9.17) is 11.6 Å². The molecule has 0 aliphatic carbocycles. The number of amides is 1. The van der Waals surface area contributed by atoms with E-state index in [2.05, 4.69) is 23.2 Å². The first kappa shape index (κ1) is 19.8. The van der Waals surface area contributed by atoms with Crippen molar-refractivity contribution in [3.8, 4) is 0 Å². The van der Waals surface area contributed by atoms with E-state index in [-0.39, 0.29) is 17.6 Å². The minimum Gasteiger partial charge on any atom is -0.325 e. The van der Waals surface area contributed by atoms with Crippen molar-refractivity contribution in [2.45, 2.75) is 39.7 Å². The number of likely N-dealkylation sites (tertiary alicyclic amines) is 1. The molecule has 144 valence electrons. The molecule has 5 heteroatoms. The van der Waals surface area contributed by atoms with Crippen molar-refractivity contribution in [2.24, 2.45) is 5.92 Å². The molecule has 0 atom stereocenters. The number of hydrogen-bond acceptors (Lipinski definition) is 2. The second kappa shape index (κ2) is 8.85. The number of para-hydroxylation sites is 1. The predicted molar refractivity (Wildman–Crippen MR) is 109 cm³/mol. The van der Waals surface area contributed by atoms with Crippen LogP contribution in [0.15, 0.2) is 36.4 Å². The van der Waals surface area contributed by atoms with Gasteiger partial charge in [-0.1, -0.05) is 42.8 Å². The second-order valence-corrected chi connectivity index (χ2v) is 7.67. The summed E-state index contributed by atoms with van der Waals surface area (Å²) in [6.07, 6.45) is 2.46. The van der Waals surface area contributed by atoms with Crippen molar-refractivity contribution in [3.05, 3.63) is 63.9 Å². The lowest BCUT2D eigenvalue weighted by molar-refractivity contribution is -0.121. The second-order valence-electron chi connectivity index (χ2n) is 7.24. The highest BCUT2D eigenvalue weighted by atomic mass is 35.5. The Bertz CT molecular complexity index is 816. The monoisotopic (exact) mass is 388 g/mol. The van der Waals surface area contributed by atoms with E-state index >= 15 is 0 Å². The van der Waals surface area contributed by atoms with Crippen LogP contribution in [0.3, 0.4) is 0 Å². The number of hydrogen-bond donors (Lipinski definition) is 1. The van der Waals surface area contributed by atoms with Crippen molar-refractivity contribution in [3.63, 3.8) is 0 Å². The van der Waals surface area contributed by atoms with Crippen molar-refractivity contribution in [1.82, 2.24) is 4.90 Å². The van der Waals surface area contributed by atoms with Gasteiger partial charge in [-0.2, -0.15) is 0 Å². The number of piperidine rings is 1. The van der Waals surface area contributed by atoms with E-state index in [1.54, 1.807) is 12.1 Å². The molecular formula is C22H26ClFN2O. The molecule has 2 aromatic carbocycles. The van der Waals surface area contributed by atoms with Crippen LogP contribution in [-0.2, 0) is 17.8 Å². The van der Waals surface area contributed by atoms with Gasteiger partial charge in [-0.3, -0.25) is 9.69 Å². The molecule has 1 N–H and O–H groups in total. The van der Waals surface area contributed by atoms with Gasteiger partial charge in [0.15, 0.2) is 0 Å². The van der Waals surface area contributed by atoms with Crippen LogP contribution >= 0.6 is 11.6 Å². The first-order chi connectivity index (χ1) is 13.0. The lowest BCUT2D eigenvalue weighted by atomic mass is 9.95. The zero-order valence-electron chi connectivity index (χ0n) is 15.9. The Labute approximate surface area is 165 Å². The molecule has 1 heterocycles. The lowest BCUT2D eigenvalue weighted by Gasteiger charge is -2.31. The van der Waals surface area contributed by atoms with E-state index in [0.717, 1.165) is 43.6 Å². The number of nitrogens with zero attached hydrogens (tertiary/aromatic N) is 1. The Morgan fingerprint density at radius 1 is 1.22 bits per heavy atom. The largest absolute Gasteiger partial charge is 0.325 e. The van der Waals surface area contributed by atoms with Crippen molar-refractivity contribution in [2.75, 3.05) is 18.4 Å². The number of carbonyl (C=O) groups excluding carboxylic acids is 1. The van der Waals surface area contributed by atoms with Gasteiger partial charge in [0, 0.05) is 28.7 Å². The molecule has 0 aromatic heterocycles. The van der Waals surface area contributed by atoms with Crippen molar-refractivity contribution >= 4 is 23.2 Å². The zero-order chi connectivity index (χ0) is 19.4. The first-order valence-corrected chi connectivity index (χ1v) is 9.91. The Kier molecular flexibility index (Phi) is 6.51. The quantitative estimate of drug-likeness (QED) is 0.763. The van der Waals surface area contributed by atoms with Crippen molar-refractivity contribution in [1.29, 1.82) is 0 Å². The van der Waals surface area contributed by atoms with Crippen LogP contribution in [-0.4, -0.2) is 23.9 Å². The number of carbonyl (C=O) groups is 1. The topological polar surface area (TPSA) is 32.3 Å². The van der Waals surface area contributed by atoms with E-state index in [1.165, 1.54) is 11.6 Å². The maximum absolute atomic E-state index is 14.0. The summed E-state index contributed by atoms with van der Waals surface area (Å²) in [6, 6.07) is 10.9. The van der Waals surface area contributed by atoms with Crippen LogP contribution in [0.4, 0.5) is 10.1 Å². The molecular weight excluding hydrogens is 363 g/mol. The fourth-order valence-electron chi connectivity index (χ4n) is 3.67. The normalized spacial score (nSPS) is 15.7. The molecule has 0 saturated carbocycles. The molecule has 0 radical (unpaired) electrons. The van der Waals surface area contributed by atoms with Crippen LogP contribution in [0.2, 0.25) is 5.02 Å². The lowest BCUT2D eigenvalue weighted by Crippen LogP contribution is -2.38. The van der Waals surface area contributed by atoms with Gasteiger partial charge in [0.25, 0.3) is 0 Å². The van der Waals surface area contributed by atoms with E-state index < -0.39 is 0 Å². The van der Waals surface area contributed by atoms with Crippen LogP contribution in [0.25, 0.3) is 0 Å². The fourth-order valence-corrected chi connectivity index (χ4v) is 3.83. The average molecular weight is 389 g/mol. The molecule has 1 aliphatic heterocycles. The fraction of sp³-hybridized carbons (Fsp3) is 0.409. The van der Waals surface area contributed by atoms with Crippen LogP contribution < -0.4 is 5.32 Å². The van der Waals surface area contributed by atoms with E-state index in [0.29, 0.717) is 17.1 Å². The highest BCUT2D eigenvalue weighted by Crippen LogP contribution is 2.25. The predicted octanol–water partition coefficient (Wildman–Crippen LogP) is 5.20. The maximum Gasteiger partial charge on any atom is 0.227 e. The molecule has 27 heavy (non-hydrogen) atoms.